The Morgan fingerprint density at radius 2 is 1.93 bits per heavy atom. The third kappa shape index (κ3) is 5.56. The highest BCUT2D eigenvalue weighted by atomic mass is 79.9. The fourth-order valence-corrected chi connectivity index (χ4v) is 3.15. The summed E-state index contributed by atoms with van der Waals surface area (Å²) >= 11 is 3.40. The summed E-state index contributed by atoms with van der Waals surface area (Å²) in [4.78, 5) is 12.6. The van der Waals surface area contributed by atoms with Crippen LogP contribution in [0.15, 0.2) is 53.1 Å². The van der Waals surface area contributed by atoms with Crippen molar-refractivity contribution in [3.8, 4) is 11.5 Å². The standard InChI is InChI=1S/C21H20BrF2N3O3/c1-3-29-18-10-15(8-9-17(18)30-21(23)24)20(28)25-19-16(22)12-27(26-19)11-14-6-4-13(2)5-7-14/h4-10,12,21H,3,11H2,1-2H3,(H,25,26,28). The first-order valence-electron chi connectivity index (χ1n) is 9.17. The minimum atomic E-state index is -2.99. The van der Waals surface area contributed by atoms with Gasteiger partial charge in [-0.05, 0) is 53.5 Å². The number of anilines is 1. The molecule has 0 aliphatic carbocycles. The predicted molar refractivity (Wildman–Crippen MR) is 112 cm³/mol. The molecule has 158 valence electrons. The van der Waals surface area contributed by atoms with E-state index in [4.69, 9.17) is 4.74 Å². The zero-order chi connectivity index (χ0) is 21.7. The van der Waals surface area contributed by atoms with Crippen LogP contribution in [0.25, 0.3) is 0 Å². The van der Waals surface area contributed by atoms with Crippen LogP contribution in [-0.2, 0) is 6.54 Å². The lowest BCUT2D eigenvalue weighted by Gasteiger charge is -2.12. The number of aryl methyl sites for hydroxylation is 1. The second-order valence-electron chi connectivity index (χ2n) is 6.44. The minimum absolute atomic E-state index is 0.0643. The first kappa shape index (κ1) is 21.8. The molecule has 0 unspecified atom stereocenters. The summed E-state index contributed by atoms with van der Waals surface area (Å²) in [5.41, 5.74) is 2.47. The van der Waals surface area contributed by atoms with Gasteiger partial charge in [-0.25, -0.2) is 0 Å². The first-order valence-corrected chi connectivity index (χ1v) is 9.96. The molecule has 0 bridgehead atoms. The second-order valence-corrected chi connectivity index (χ2v) is 7.29. The van der Waals surface area contributed by atoms with Gasteiger partial charge in [0.15, 0.2) is 17.3 Å². The average Bonchev–Trinajstić information content (AvgIpc) is 3.03. The zero-order valence-corrected chi connectivity index (χ0v) is 17.9. The van der Waals surface area contributed by atoms with Gasteiger partial charge in [-0.1, -0.05) is 29.8 Å². The van der Waals surface area contributed by atoms with E-state index in [1.807, 2.05) is 31.2 Å². The quantitative estimate of drug-likeness (QED) is 0.478. The predicted octanol–water partition coefficient (Wildman–Crippen LogP) is 5.25. The Morgan fingerprint density at radius 3 is 2.60 bits per heavy atom. The number of nitrogens with one attached hydrogen (secondary N) is 1. The molecule has 0 atom stereocenters. The Morgan fingerprint density at radius 1 is 1.20 bits per heavy atom. The van der Waals surface area contributed by atoms with Crippen molar-refractivity contribution in [2.75, 3.05) is 11.9 Å². The number of carbonyl (C=O) groups is 1. The van der Waals surface area contributed by atoms with Gasteiger partial charge in [-0.15, -0.1) is 0 Å². The fraction of sp³-hybridized carbons (Fsp3) is 0.238. The Labute approximate surface area is 180 Å². The largest absolute Gasteiger partial charge is 0.490 e. The van der Waals surface area contributed by atoms with E-state index < -0.39 is 12.5 Å². The van der Waals surface area contributed by atoms with Gasteiger partial charge in [0.1, 0.15) is 0 Å². The van der Waals surface area contributed by atoms with Crippen molar-refractivity contribution in [3.05, 3.63) is 69.8 Å². The summed E-state index contributed by atoms with van der Waals surface area (Å²) in [7, 11) is 0. The molecular weight excluding hydrogens is 460 g/mol. The van der Waals surface area contributed by atoms with Crippen LogP contribution in [0.5, 0.6) is 11.5 Å². The normalized spacial score (nSPS) is 10.9. The molecule has 1 heterocycles. The molecule has 0 radical (unpaired) electrons. The van der Waals surface area contributed by atoms with Crippen LogP contribution in [0.3, 0.4) is 0 Å². The van der Waals surface area contributed by atoms with Crippen molar-refractivity contribution in [2.24, 2.45) is 0 Å². The molecule has 0 aliphatic heterocycles. The first-order chi connectivity index (χ1) is 14.4. The Bertz CT molecular complexity index is 1020. The van der Waals surface area contributed by atoms with Crippen molar-refractivity contribution in [3.63, 3.8) is 0 Å². The smallest absolute Gasteiger partial charge is 0.387 e. The van der Waals surface area contributed by atoms with E-state index in [9.17, 15) is 13.6 Å². The molecule has 0 saturated heterocycles. The van der Waals surface area contributed by atoms with Gasteiger partial charge < -0.3 is 14.8 Å². The summed E-state index contributed by atoms with van der Waals surface area (Å²) < 4.78 is 37.1. The molecule has 30 heavy (non-hydrogen) atoms. The second kappa shape index (κ2) is 9.71. The van der Waals surface area contributed by atoms with Crippen LogP contribution in [0, 0.1) is 6.92 Å². The fourth-order valence-electron chi connectivity index (χ4n) is 2.73. The molecule has 1 amide bonds. The van der Waals surface area contributed by atoms with Gasteiger partial charge in [0.25, 0.3) is 5.91 Å². The molecule has 0 aliphatic rings. The van der Waals surface area contributed by atoms with Gasteiger partial charge in [-0.2, -0.15) is 13.9 Å². The topological polar surface area (TPSA) is 65.4 Å². The van der Waals surface area contributed by atoms with Gasteiger partial charge in [0, 0.05) is 11.8 Å². The van der Waals surface area contributed by atoms with Crippen molar-refractivity contribution in [2.45, 2.75) is 27.0 Å². The van der Waals surface area contributed by atoms with Crippen LogP contribution >= 0.6 is 15.9 Å². The number of rotatable bonds is 8. The van der Waals surface area contributed by atoms with E-state index in [1.165, 1.54) is 23.8 Å². The van der Waals surface area contributed by atoms with Crippen LogP contribution < -0.4 is 14.8 Å². The third-order valence-corrected chi connectivity index (χ3v) is 4.72. The minimum Gasteiger partial charge on any atom is -0.490 e. The number of amides is 1. The lowest BCUT2D eigenvalue weighted by Crippen LogP contribution is -2.14. The highest BCUT2D eigenvalue weighted by molar-refractivity contribution is 9.10. The van der Waals surface area contributed by atoms with Crippen molar-refractivity contribution in [1.29, 1.82) is 0 Å². The maximum absolute atomic E-state index is 12.6. The molecule has 6 nitrogen and oxygen atoms in total. The van der Waals surface area contributed by atoms with Crippen molar-refractivity contribution < 1.29 is 23.0 Å². The highest BCUT2D eigenvalue weighted by Gasteiger charge is 2.17. The number of nitrogens with zero attached hydrogens (tertiary/aromatic N) is 2. The van der Waals surface area contributed by atoms with E-state index in [2.05, 4.69) is 31.1 Å². The SMILES string of the molecule is CCOc1cc(C(=O)Nc2nn(Cc3ccc(C)cc3)cc2Br)ccc1OC(F)F. The molecule has 2 aromatic carbocycles. The van der Waals surface area contributed by atoms with E-state index in [0.29, 0.717) is 16.8 Å². The van der Waals surface area contributed by atoms with Gasteiger partial charge >= 0.3 is 6.61 Å². The lowest BCUT2D eigenvalue weighted by atomic mass is 10.1. The Kier molecular flexibility index (Phi) is 7.04. The maximum Gasteiger partial charge on any atom is 0.387 e. The van der Waals surface area contributed by atoms with Crippen molar-refractivity contribution in [1.82, 2.24) is 9.78 Å². The molecule has 3 rings (SSSR count). The summed E-state index contributed by atoms with van der Waals surface area (Å²) in [5.74, 6) is -0.180. The molecule has 0 fully saturated rings. The average molecular weight is 480 g/mol. The van der Waals surface area contributed by atoms with Gasteiger partial charge in [-0.3, -0.25) is 9.48 Å². The molecule has 9 heteroatoms. The van der Waals surface area contributed by atoms with Gasteiger partial charge in [0.05, 0.1) is 17.6 Å². The van der Waals surface area contributed by atoms with Crippen molar-refractivity contribution >= 4 is 27.7 Å². The van der Waals surface area contributed by atoms with Crippen LogP contribution in [-0.4, -0.2) is 28.9 Å². The number of aromatic nitrogens is 2. The maximum atomic E-state index is 12.6. The van der Waals surface area contributed by atoms with Gasteiger partial charge in [0.2, 0.25) is 0 Å². The molecule has 1 N–H and O–H groups in total. The zero-order valence-electron chi connectivity index (χ0n) is 16.4. The molecule has 0 spiro atoms. The highest BCUT2D eigenvalue weighted by Crippen LogP contribution is 2.30. The van der Waals surface area contributed by atoms with Crippen LogP contribution in [0.4, 0.5) is 14.6 Å². The lowest BCUT2D eigenvalue weighted by molar-refractivity contribution is -0.0514. The molecular formula is C21H20BrF2N3O3. The van der Waals surface area contributed by atoms with E-state index in [1.54, 1.807) is 17.8 Å². The summed E-state index contributed by atoms with van der Waals surface area (Å²) in [6.07, 6.45) is 1.76. The number of carbonyl (C=O) groups excluding carboxylic acids is 1. The number of halogens is 3. The van der Waals surface area contributed by atoms with Crippen LogP contribution in [0.2, 0.25) is 0 Å². The number of alkyl halides is 2. The Balaban J connectivity index is 1.74. The molecule has 1 aromatic heterocycles. The number of benzene rings is 2. The monoisotopic (exact) mass is 479 g/mol. The third-order valence-electron chi connectivity index (χ3n) is 4.14. The number of ether oxygens (including phenoxy) is 2. The van der Waals surface area contributed by atoms with Crippen LogP contribution in [0.1, 0.15) is 28.4 Å². The summed E-state index contributed by atoms with van der Waals surface area (Å²) in [6, 6.07) is 12.1. The summed E-state index contributed by atoms with van der Waals surface area (Å²) in [5, 5.41) is 7.10. The van der Waals surface area contributed by atoms with E-state index in [-0.39, 0.29) is 23.7 Å². The molecule has 0 saturated carbocycles. The van der Waals surface area contributed by atoms with E-state index in [0.717, 1.165) is 5.56 Å². The van der Waals surface area contributed by atoms with E-state index >= 15 is 0 Å². The summed E-state index contributed by atoms with van der Waals surface area (Å²) in [6.45, 7) is 1.52. The number of hydrogen-bond acceptors (Lipinski definition) is 4. The molecule has 3 aromatic rings. The number of hydrogen-bond donors (Lipinski definition) is 1. The Hall–Kier alpha value is -2.94.